The first-order chi connectivity index (χ1) is 5.55. The zero-order chi connectivity index (χ0) is 8.98. The van der Waals surface area contributed by atoms with E-state index in [1.165, 1.54) is 19.3 Å². The van der Waals surface area contributed by atoms with E-state index in [4.69, 9.17) is 0 Å². The maximum Gasteiger partial charge on any atom is 0.217 e. The fourth-order valence-corrected chi connectivity index (χ4v) is 3.24. The quantitative estimate of drug-likeness (QED) is 0.666. The van der Waals surface area contributed by atoms with Crippen LogP contribution in [0.5, 0.6) is 0 Å². The van der Waals surface area contributed by atoms with Crippen molar-refractivity contribution >= 4 is 5.91 Å². The van der Waals surface area contributed by atoms with Gasteiger partial charge in [-0.15, -0.1) is 0 Å². The minimum absolute atomic E-state index is 0.131. The Morgan fingerprint density at radius 3 is 2.50 bits per heavy atom. The van der Waals surface area contributed by atoms with Crippen LogP contribution < -0.4 is 5.32 Å². The van der Waals surface area contributed by atoms with Crippen molar-refractivity contribution in [1.29, 1.82) is 0 Å². The second-order valence-corrected chi connectivity index (χ2v) is 4.63. The molecule has 0 heterocycles. The van der Waals surface area contributed by atoms with Gasteiger partial charge in [0.2, 0.25) is 5.91 Å². The van der Waals surface area contributed by atoms with Crippen molar-refractivity contribution in [2.24, 2.45) is 11.3 Å². The predicted octanol–water partition coefficient (Wildman–Crippen LogP) is 1.70. The first-order valence-corrected chi connectivity index (χ1v) is 4.83. The molecule has 3 aliphatic carbocycles. The standard InChI is InChI=1S/C10H17NO/c1-4-9-5-10(6-9,7(9)2)11-8(3)12/h7H,4-6H2,1-3H3,(H,11,12)/t7-,9?,10?/m0/s1. The maximum absolute atomic E-state index is 10.9. The van der Waals surface area contributed by atoms with Gasteiger partial charge in [0.15, 0.2) is 0 Å². The number of hydrogen-bond acceptors (Lipinski definition) is 1. The summed E-state index contributed by atoms with van der Waals surface area (Å²) in [5, 5.41) is 3.09. The predicted molar refractivity (Wildman–Crippen MR) is 47.7 cm³/mol. The lowest BCUT2D eigenvalue weighted by Crippen LogP contribution is -2.80. The number of carbonyl (C=O) groups excluding carboxylic acids is 1. The summed E-state index contributed by atoms with van der Waals surface area (Å²) < 4.78 is 0. The van der Waals surface area contributed by atoms with E-state index < -0.39 is 0 Å². The molecule has 0 aliphatic heterocycles. The summed E-state index contributed by atoms with van der Waals surface area (Å²) in [6.45, 7) is 6.14. The number of hydrogen-bond donors (Lipinski definition) is 1. The fraction of sp³-hybridized carbons (Fsp3) is 0.900. The highest BCUT2D eigenvalue weighted by Crippen LogP contribution is 2.72. The molecule has 12 heavy (non-hydrogen) atoms. The second kappa shape index (κ2) is 2.04. The van der Waals surface area contributed by atoms with E-state index in [0.717, 1.165) is 0 Å². The molecule has 0 radical (unpaired) electrons. The monoisotopic (exact) mass is 167 g/mol. The Kier molecular flexibility index (Phi) is 1.37. The average molecular weight is 167 g/mol. The van der Waals surface area contributed by atoms with E-state index >= 15 is 0 Å². The van der Waals surface area contributed by atoms with Crippen LogP contribution in [0.25, 0.3) is 0 Å². The number of nitrogens with one attached hydrogen (secondary N) is 1. The molecule has 1 N–H and O–H groups in total. The summed E-state index contributed by atoms with van der Waals surface area (Å²) in [5.41, 5.74) is 0.810. The highest BCUT2D eigenvalue weighted by molar-refractivity contribution is 5.74. The van der Waals surface area contributed by atoms with Crippen LogP contribution in [0.3, 0.4) is 0 Å². The molecule has 3 rings (SSSR count). The van der Waals surface area contributed by atoms with Gasteiger partial charge in [-0.25, -0.2) is 0 Å². The van der Waals surface area contributed by atoms with Crippen molar-refractivity contribution in [1.82, 2.24) is 5.32 Å². The largest absolute Gasteiger partial charge is 0.351 e. The molecule has 2 heteroatoms. The van der Waals surface area contributed by atoms with Gasteiger partial charge >= 0.3 is 0 Å². The van der Waals surface area contributed by atoms with Crippen molar-refractivity contribution in [3.05, 3.63) is 0 Å². The summed E-state index contributed by atoms with van der Waals surface area (Å²) in [4.78, 5) is 10.9. The Morgan fingerprint density at radius 1 is 1.58 bits per heavy atom. The molecule has 68 valence electrons. The third-order valence-electron chi connectivity index (χ3n) is 4.21. The molecule has 2 bridgehead atoms. The lowest BCUT2D eigenvalue weighted by molar-refractivity contribution is -0.222. The van der Waals surface area contributed by atoms with Crippen molar-refractivity contribution in [2.75, 3.05) is 0 Å². The first kappa shape index (κ1) is 8.09. The third-order valence-corrected chi connectivity index (χ3v) is 4.21. The van der Waals surface area contributed by atoms with Crippen molar-refractivity contribution in [3.63, 3.8) is 0 Å². The third kappa shape index (κ3) is 0.686. The minimum atomic E-state index is 0.131. The van der Waals surface area contributed by atoms with Gasteiger partial charge in [-0.3, -0.25) is 4.79 Å². The Bertz CT molecular complexity index is 228. The molecule has 0 aromatic rings. The van der Waals surface area contributed by atoms with E-state index in [9.17, 15) is 4.79 Å². The molecule has 1 atom stereocenters. The Hall–Kier alpha value is -0.530. The lowest BCUT2D eigenvalue weighted by Gasteiger charge is -2.76. The molecule has 3 fully saturated rings. The summed E-state index contributed by atoms with van der Waals surface area (Å²) in [6, 6.07) is 0. The van der Waals surface area contributed by atoms with Crippen LogP contribution in [-0.4, -0.2) is 11.4 Å². The van der Waals surface area contributed by atoms with Crippen LogP contribution >= 0.6 is 0 Å². The van der Waals surface area contributed by atoms with Gasteiger partial charge in [-0.1, -0.05) is 13.8 Å². The number of amides is 1. The van der Waals surface area contributed by atoms with Crippen molar-refractivity contribution < 1.29 is 4.79 Å². The summed E-state index contributed by atoms with van der Waals surface area (Å²) >= 11 is 0. The van der Waals surface area contributed by atoms with Crippen molar-refractivity contribution in [2.45, 2.75) is 45.6 Å². The maximum atomic E-state index is 10.9. The molecule has 2 nitrogen and oxygen atoms in total. The van der Waals surface area contributed by atoms with E-state index in [-0.39, 0.29) is 11.4 Å². The molecule has 0 spiro atoms. The highest BCUT2D eigenvalue weighted by Gasteiger charge is 2.72. The normalized spacial score (nSPS) is 49.1. The molecular formula is C10H17NO. The Balaban J connectivity index is 2.01. The molecule has 3 saturated carbocycles. The zero-order valence-corrected chi connectivity index (χ0v) is 8.11. The second-order valence-electron chi connectivity index (χ2n) is 4.63. The molecule has 0 aromatic carbocycles. The van der Waals surface area contributed by atoms with E-state index in [2.05, 4.69) is 19.2 Å². The van der Waals surface area contributed by atoms with Gasteiger partial charge in [-0.2, -0.15) is 0 Å². The highest BCUT2D eigenvalue weighted by atomic mass is 16.1. The Labute approximate surface area is 73.7 Å². The van der Waals surface area contributed by atoms with Gasteiger partial charge in [0, 0.05) is 12.5 Å². The molecule has 0 aromatic heterocycles. The first-order valence-electron chi connectivity index (χ1n) is 4.83. The molecule has 0 unspecified atom stereocenters. The van der Waals surface area contributed by atoms with E-state index in [1.807, 2.05) is 0 Å². The van der Waals surface area contributed by atoms with Crippen LogP contribution in [0.4, 0.5) is 0 Å². The zero-order valence-electron chi connectivity index (χ0n) is 8.11. The van der Waals surface area contributed by atoms with Crippen molar-refractivity contribution in [3.8, 4) is 0 Å². The van der Waals surface area contributed by atoms with E-state index in [0.29, 0.717) is 11.3 Å². The minimum Gasteiger partial charge on any atom is -0.351 e. The van der Waals surface area contributed by atoms with Crippen LogP contribution in [-0.2, 0) is 4.79 Å². The SMILES string of the molecule is CCC12CC(NC(C)=O)(C1)[C@H]2C. The van der Waals surface area contributed by atoms with Gasteiger partial charge in [-0.05, 0) is 30.6 Å². The topological polar surface area (TPSA) is 29.1 Å². The van der Waals surface area contributed by atoms with Crippen LogP contribution in [0.15, 0.2) is 0 Å². The molecular weight excluding hydrogens is 150 g/mol. The fourth-order valence-electron chi connectivity index (χ4n) is 3.24. The molecule has 3 aliphatic rings. The lowest BCUT2D eigenvalue weighted by atomic mass is 9.32. The molecule has 1 amide bonds. The summed E-state index contributed by atoms with van der Waals surface area (Å²) in [5.74, 6) is 0.838. The van der Waals surface area contributed by atoms with Gasteiger partial charge in [0.05, 0.1) is 0 Å². The van der Waals surface area contributed by atoms with Gasteiger partial charge in [0.25, 0.3) is 0 Å². The number of rotatable bonds is 2. The summed E-state index contributed by atoms with van der Waals surface area (Å²) in [6.07, 6.45) is 3.71. The van der Waals surface area contributed by atoms with E-state index in [1.54, 1.807) is 6.92 Å². The average Bonchev–Trinajstić information content (AvgIpc) is 1.96. The van der Waals surface area contributed by atoms with Crippen LogP contribution in [0, 0.1) is 11.3 Å². The van der Waals surface area contributed by atoms with Crippen LogP contribution in [0.2, 0.25) is 0 Å². The smallest absolute Gasteiger partial charge is 0.217 e. The number of carbonyl (C=O) groups is 1. The molecule has 0 saturated heterocycles. The Morgan fingerprint density at radius 2 is 2.17 bits per heavy atom. The van der Waals surface area contributed by atoms with Gasteiger partial charge in [0.1, 0.15) is 0 Å². The van der Waals surface area contributed by atoms with Crippen LogP contribution in [0.1, 0.15) is 40.0 Å². The summed E-state index contributed by atoms with van der Waals surface area (Å²) in [7, 11) is 0. The van der Waals surface area contributed by atoms with Gasteiger partial charge < -0.3 is 5.32 Å².